The Morgan fingerprint density at radius 1 is 1.47 bits per heavy atom. The molecule has 4 nitrogen and oxygen atoms in total. The van der Waals surface area contributed by atoms with E-state index in [0.29, 0.717) is 11.2 Å². The highest BCUT2D eigenvalue weighted by molar-refractivity contribution is 6.29. The Morgan fingerprint density at radius 2 is 2.29 bits per heavy atom. The molecule has 1 aromatic rings. The van der Waals surface area contributed by atoms with Gasteiger partial charge >= 0.3 is 0 Å². The first-order valence-corrected chi connectivity index (χ1v) is 6.52. The van der Waals surface area contributed by atoms with Crippen LogP contribution >= 0.6 is 11.6 Å². The van der Waals surface area contributed by atoms with Gasteiger partial charge in [0.15, 0.2) is 5.15 Å². The molecule has 1 aliphatic heterocycles. The molecule has 0 spiro atoms. The largest absolute Gasteiger partial charge is 0.366 e. The Balaban J connectivity index is 2.22. The number of nitrogens with zero attached hydrogens (tertiary/aromatic N) is 4. The van der Waals surface area contributed by atoms with Gasteiger partial charge in [-0.2, -0.15) is 5.10 Å². The SMILES string of the molecule is CCC1CN(C)CCCN1c1cnnc(Cl)c1. The van der Waals surface area contributed by atoms with Crippen molar-refractivity contribution < 1.29 is 0 Å². The number of halogens is 1. The van der Waals surface area contributed by atoms with E-state index in [2.05, 4.69) is 34.0 Å². The second-order valence-electron chi connectivity index (χ2n) is 4.61. The fourth-order valence-electron chi connectivity index (χ4n) is 2.42. The van der Waals surface area contributed by atoms with Gasteiger partial charge in [-0.1, -0.05) is 18.5 Å². The lowest BCUT2D eigenvalue weighted by Gasteiger charge is -2.31. The molecule has 17 heavy (non-hydrogen) atoms. The second-order valence-corrected chi connectivity index (χ2v) is 5.00. The summed E-state index contributed by atoms with van der Waals surface area (Å²) in [6.07, 6.45) is 4.11. The molecule has 0 aromatic carbocycles. The predicted molar refractivity (Wildman–Crippen MR) is 70.6 cm³/mol. The molecule has 0 aliphatic carbocycles. The summed E-state index contributed by atoms with van der Waals surface area (Å²) in [6.45, 7) is 5.54. The zero-order valence-electron chi connectivity index (χ0n) is 10.4. The van der Waals surface area contributed by atoms with Crippen LogP contribution in [0.1, 0.15) is 19.8 Å². The lowest BCUT2D eigenvalue weighted by molar-refractivity contribution is 0.328. The van der Waals surface area contributed by atoms with E-state index in [4.69, 9.17) is 11.6 Å². The van der Waals surface area contributed by atoms with Crippen LogP contribution in [0.15, 0.2) is 12.3 Å². The predicted octanol–water partition coefficient (Wildman–Crippen LogP) is 2.05. The van der Waals surface area contributed by atoms with Crippen LogP contribution in [0.5, 0.6) is 0 Å². The first-order chi connectivity index (χ1) is 8.20. The van der Waals surface area contributed by atoms with Crippen molar-refractivity contribution in [1.82, 2.24) is 15.1 Å². The van der Waals surface area contributed by atoms with E-state index in [0.717, 1.165) is 31.7 Å². The first-order valence-electron chi connectivity index (χ1n) is 6.14. The fraction of sp³-hybridized carbons (Fsp3) is 0.667. The lowest BCUT2D eigenvalue weighted by Crippen LogP contribution is -2.39. The minimum absolute atomic E-state index is 0.468. The fourth-order valence-corrected chi connectivity index (χ4v) is 2.58. The molecule has 0 amide bonds. The minimum atomic E-state index is 0.468. The molecule has 94 valence electrons. The highest BCUT2D eigenvalue weighted by atomic mass is 35.5. The van der Waals surface area contributed by atoms with E-state index in [9.17, 15) is 0 Å². The highest BCUT2D eigenvalue weighted by Crippen LogP contribution is 2.22. The van der Waals surface area contributed by atoms with Crippen molar-refractivity contribution in [2.75, 3.05) is 31.6 Å². The molecule has 2 rings (SSSR count). The number of likely N-dealkylation sites (N-methyl/N-ethyl adjacent to an activating group) is 1. The van der Waals surface area contributed by atoms with Gasteiger partial charge in [-0.3, -0.25) is 0 Å². The van der Waals surface area contributed by atoms with Crippen LogP contribution in [0.3, 0.4) is 0 Å². The molecule has 0 saturated carbocycles. The summed E-state index contributed by atoms with van der Waals surface area (Å²) in [5.74, 6) is 0. The average molecular weight is 255 g/mol. The molecular weight excluding hydrogens is 236 g/mol. The van der Waals surface area contributed by atoms with Crippen molar-refractivity contribution in [3.8, 4) is 0 Å². The van der Waals surface area contributed by atoms with Crippen molar-refractivity contribution in [2.45, 2.75) is 25.8 Å². The van der Waals surface area contributed by atoms with Crippen LogP contribution in [-0.2, 0) is 0 Å². The van der Waals surface area contributed by atoms with Crippen LogP contribution in [0.4, 0.5) is 5.69 Å². The number of hydrogen-bond donors (Lipinski definition) is 0. The van der Waals surface area contributed by atoms with E-state index in [1.165, 1.54) is 6.42 Å². The lowest BCUT2D eigenvalue weighted by atomic mass is 10.1. The maximum atomic E-state index is 5.91. The Labute approximate surface area is 108 Å². The van der Waals surface area contributed by atoms with Gasteiger partial charge in [-0.15, -0.1) is 5.10 Å². The third kappa shape index (κ3) is 3.07. The number of aromatic nitrogens is 2. The molecule has 2 heterocycles. The van der Waals surface area contributed by atoms with E-state index in [1.807, 2.05) is 6.07 Å². The highest BCUT2D eigenvalue weighted by Gasteiger charge is 2.22. The Hall–Kier alpha value is -0.870. The number of rotatable bonds is 2. The van der Waals surface area contributed by atoms with Gasteiger partial charge in [0.1, 0.15) is 0 Å². The molecule has 0 radical (unpaired) electrons. The van der Waals surface area contributed by atoms with E-state index < -0.39 is 0 Å². The average Bonchev–Trinajstić information content (AvgIpc) is 2.50. The summed E-state index contributed by atoms with van der Waals surface area (Å²) in [4.78, 5) is 4.80. The normalized spacial score (nSPS) is 22.5. The number of hydrogen-bond acceptors (Lipinski definition) is 4. The third-order valence-electron chi connectivity index (χ3n) is 3.32. The molecule has 1 unspecified atom stereocenters. The minimum Gasteiger partial charge on any atom is -0.366 e. The maximum Gasteiger partial charge on any atom is 0.153 e. The maximum absolute atomic E-state index is 5.91. The molecule has 1 fully saturated rings. The van der Waals surface area contributed by atoms with Crippen molar-refractivity contribution in [3.63, 3.8) is 0 Å². The topological polar surface area (TPSA) is 32.3 Å². The molecule has 1 saturated heterocycles. The summed E-state index contributed by atoms with van der Waals surface area (Å²) in [6, 6.07) is 2.44. The molecular formula is C12H19ClN4. The van der Waals surface area contributed by atoms with Gasteiger partial charge in [-0.25, -0.2) is 0 Å². The summed E-state index contributed by atoms with van der Waals surface area (Å²) in [5.41, 5.74) is 1.09. The summed E-state index contributed by atoms with van der Waals surface area (Å²) in [5, 5.41) is 8.21. The summed E-state index contributed by atoms with van der Waals surface area (Å²) < 4.78 is 0. The van der Waals surface area contributed by atoms with Gasteiger partial charge in [0.05, 0.1) is 11.9 Å². The van der Waals surface area contributed by atoms with Crippen LogP contribution in [0.25, 0.3) is 0 Å². The van der Waals surface area contributed by atoms with Crippen LogP contribution in [0, 0.1) is 0 Å². The standard InChI is InChI=1S/C12H19ClN4/c1-3-10-9-16(2)5-4-6-17(10)11-7-12(13)15-14-8-11/h7-8,10H,3-6,9H2,1-2H3. The van der Waals surface area contributed by atoms with E-state index in [1.54, 1.807) is 6.20 Å². The third-order valence-corrected chi connectivity index (χ3v) is 3.50. The van der Waals surface area contributed by atoms with Crippen molar-refractivity contribution in [2.24, 2.45) is 0 Å². The molecule has 1 atom stereocenters. The van der Waals surface area contributed by atoms with Crippen molar-refractivity contribution in [3.05, 3.63) is 17.4 Å². The summed E-state index contributed by atoms with van der Waals surface area (Å²) >= 11 is 5.91. The van der Waals surface area contributed by atoms with Crippen LogP contribution < -0.4 is 4.90 Å². The summed E-state index contributed by atoms with van der Waals surface area (Å²) in [7, 11) is 2.18. The zero-order valence-corrected chi connectivity index (χ0v) is 11.2. The molecule has 0 N–H and O–H groups in total. The van der Waals surface area contributed by atoms with Gasteiger partial charge in [0.25, 0.3) is 0 Å². The first kappa shape index (κ1) is 12.6. The smallest absolute Gasteiger partial charge is 0.153 e. The van der Waals surface area contributed by atoms with E-state index in [-0.39, 0.29) is 0 Å². The van der Waals surface area contributed by atoms with Crippen LogP contribution in [-0.4, -0.2) is 47.8 Å². The van der Waals surface area contributed by atoms with Gasteiger partial charge in [0.2, 0.25) is 0 Å². The quantitative estimate of drug-likeness (QED) is 0.809. The molecule has 1 aromatic heterocycles. The molecule has 0 bridgehead atoms. The molecule has 5 heteroatoms. The Bertz CT molecular complexity index is 371. The Kier molecular flexibility index (Phi) is 4.18. The molecule has 1 aliphatic rings. The van der Waals surface area contributed by atoms with Gasteiger partial charge in [0, 0.05) is 25.2 Å². The monoisotopic (exact) mass is 254 g/mol. The van der Waals surface area contributed by atoms with Crippen molar-refractivity contribution >= 4 is 17.3 Å². The van der Waals surface area contributed by atoms with Crippen LogP contribution in [0.2, 0.25) is 5.15 Å². The Morgan fingerprint density at radius 3 is 3.00 bits per heavy atom. The van der Waals surface area contributed by atoms with Gasteiger partial charge < -0.3 is 9.80 Å². The van der Waals surface area contributed by atoms with Crippen molar-refractivity contribution in [1.29, 1.82) is 0 Å². The number of anilines is 1. The zero-order chi connectivity index (χ0) is 12.3. The van der Waals surface area contributed by atoms with E-state index >= 15 is 0 Å². The second kappa shape index (κ2) is 5.65. The van der Waals surface area contributed by atoms with Gasteiger partial charge in [-0.05, 0) is 26.4 Å².